The summed E-state index contributed by atoms with van der Waals surface area (Å²) in [5, 5.41) is 9.06. The molecule has 2 aliphatic rings. The second-order valence-corrected chi connectivity index (χ2v) is 7.81. The Labute approximate surface area is 174 Å². The fourth-order valence-corrected chi connectivity index (χ4v) is 4.02. The SMILES string of the molecule is O=C(O)C(F)(F)F.O=C(c1cccs1)N1CC[C@]2(C[C@H](Oc3ccccn3)CO2)C1. The van der Waals surface area contributed by atoms with Crippen LogP contribution in [0.25, 0.3) is 0 Å². The van der Waals surface area contributed by atoms with Crippen LogP contribution in [-0.4, -0.2) is 64.4 Å². The first-order valence-electron chi connectivity index (χ1n) is 9.03. The lowest BCUT2D eigenvalue weighted by molar-refractivity contribution is -0.192. The molecule has 0 bridgehead atoms. The molecule has 2 fully saturated rings. The van der Waals surface area contributed by atoms with E-state index >= 15 is 0 Å². The summed E-state index contributed by atoms with van der Waals surface area (Å²) < 4.78 is 43.7. The summed E-state index contributed by atoms with van der Waals surface area (Å²) in [6, 6.07) is 9.41. The third-order valence-electron chi connectivity index (χ3n) is 4.68. The average Bonchev–Trinajstić information content (AvgIpc) is 3.45. The number of rotatable bonds is 3. The van der Waals surface area contributed by atoms with Crippen LogP contribution in [0, 0.1) is 0 Å². The quantitative estimate of drug-likeness (QED) is 0.782. The molecule has 1 spiro atoms. The molecule has 2 saturated heterocycles. The van der Waals surface area contributed by atoms with Crippen molar-refractivity contribution in [2.45, 2.75) is 30.7 Å². The maximum Gasteiger partial charge on any atom is 0.490 e. The second-order valence-electron chi connectivity index (χ2n) is 6.86. The summed E-state index contributed by atoms with van der Waals surface area (Å²) in [4.78, 5) is 28.2. The highest BCUT2D eigenvalue weighted by Gasteiger charge is 2.47. The molecule has 0 aliphatic carbocycles. The van der Waals surface area contributed by atoms with Gasteiger partial charge in [0, 0.05) is 25.2 Å². The molecule has 30 heavy (non-hydrogen) atoms. The monoisotopic (exact) mass is 444 g/mol. The molecule has 0 unspecified atom stereocenters. The Morgan fingerprint density at radius 2 is 2.07 bits per heavy atom. The summed E-state index contributed by atoms with van der Waals surface area (Å²) in [5.74, 6) is -2.02. The van der Waals surface area contributed by atoms with Crippen molar-refractivity contribution in [3.63, 3.8) is 0 Å². The first-order valence-corrected chi connectivity index (χ1v) is 9.91. The number of alkyl halides is 3. The van der Waals surface area contributed by atoms with Gasteiger partial charge in [0.1, 0.15) is 6.10 Å². The molecular weight excluding hydrogens is 425 g/mol. The van der Waals surface area contributed by atoms with Crippen LogP contribution < -0.4 is 4.74 Å². The van der Waals surface area contributed by atoms with Crippen molar-refractivity contribution in [1.82, 2.24) is 9.88 Å². The lowest BCUT2D eigenvalue weighted by Crippen LogP contribution is -2.36. The van der Waals surface area contributed by atoms with E-state index < -0.39 is 12.1 Å². The van der Waals surface area contributed by atoms with Gasteiger partial charge < -0.3 is 19.5 Å². The second kappa shape index (κ2) is 9.00. The smallest absolute Gasteiger partial charge is 0.475 e. The lowest BCUT2D eigenvalue weighted by Gasteiger charge is -2.23. The summed E-state index contributed by atoms with van der Waals surface area (Å²) >= 11 is 1.49. The van der Waals surface area contributed by atoms with Crippen LogP contribution in [0.2, 0.25) is 0 Å². The lowest BCUT2D eigenvalue weighted by atomic mass is 9.98. The Morgan fingerprint density at radius 1 is 1.30 bits per heavy atom. The summed E-state index contributed by atoms with van der Waals surface area (Å²) in [7, 11) is 0. The predicted molar refractivity (Wildman–Crippen MR) is 100 cm³/mol. The Hall–Kier alpha value is -2.66. The van der Waals surface area contributed by atoms with Gasteiger partial charge in [-0.25, -0.2) is 9.78 Å². The number of hydrogen-bond acceptors (Lipinski definition) is 6. The third-order valence-corrected chi connectivity index (χ3v) is 5.54. The molecule has 1 N–H and O–H groups in total. The summed E-state index contributed by atoms with van der Waals surface area (Å²) in [5.41, 5.74) is -0.258. The first kappa shape index (κ1) is 22.0. The largest absolute Gasteiger partial charge is 0.490 e. The number of likely N-dealkylation sites (tertiary alicyclic amines) is 1. The van der Waals surface area contributed by atoms with Crippen LogP contribution in [0.1, 0.15) is 22.5 Å². The Bertz CT molecular complexity index is 863. The molecule has 2 atom stereocenters. The van der Waals surface area contributed by atoms with Crippen molar-refractivity contribution in [3.05, 3.63) is 46.8 Å². The van der Waals surface area contributed by atoms with Gasteiger partial charge in [-0.1, -0.05) is 12.1 Å². The van der Waals surface area contributed by atoms with Gasteiger partial charge in [0.15, 0.2) is 0 Å². The summed E-state index contributed by atoms with van der Waals surface area (Å²) in [6.07, 6.45) is -1.69. The molecule has 0 aromatic carbocycles. The maximum absolute atomic E-state index is 12.5. The van der Waals surface area contributed by atoms with Crippen LogP contribution in [0.15, 0.2) is 41.9 Å². The van der Waals surface area contributed by atoms with E-state index in [1.807, 2.05) is 40.6 Å². The van der Waals surface area contributed by atoms with Gasteiger partial charge >= 0.3 is 12.1 Å². The van der Waals surface area contributed by atoms with Gasteiger partial charge in [0.25, 0.3) is 5.91 Å². The zero-order valence-electron chi connectivity index (χ0n) is 15.7. The Kier molecular flexibility index (Phi) is 6.61. The third kappa shape index (κ3) is 5.48. The predicted octanol–water partition coefficient (Wildman–Crippen LogP) is 3.23. The van der Waals surface area contributed by atoms with E-state index in [1.165, 1.54) is 11.3 Å². The van der Waals surface area contributed by atoms with Gasteiger partial charge in [-0.3, -0.25) is 4.79 Å². The number of carboxylic acids is 1. The van der Waals surface area contributed by atoms with E-state index in [0.717, 1.165) is 24.3 Å². The van der Waals surface area contributed by atoms with E-state index in [-0.39, 0.29) is 17.6 Å². The van der Waals surface area contributed by atoms with Gasteiger partial charge in [-0.2, -0.15) is 13.2 Å². The van der Waals surface area contributed by atoms with Crippen molar-refractivity contribution >= 4 is 23.2 Å². The van der Waals surface area contributed by atoms with E-state index in [4.69, 9.17) is 19.4 Å². The zero-order chi connectivity index (χ0) is 21.8. The van der Waals surface area contributed by atoms with E-state index in [0.29, 0.717) is 19.0 Å². The molecule has 2 aromatic heterocycles. The molecule has 11 heteroatoms. The summed E-state index contributed by atoms with van der Waals surface area (Å²) in [6.45, 7) is 1.94. The number of amides is 1. The van der Waals surface area contributed by atoms with Crippen molar-refractivity contribution in [2.75, 3.05) is 19.7 Å². The number of pyridine rings is 1. The molecule has 4 rings (SSSR count). The number of halogens is 3. The molecule has 0 saturated carbocycles. The standard InChI is InChI=1S/C17H18N2O3S.C2HF3O2/c20-16(14-4-3-9-23-14)19-8-6-17(12-19)10-13(11-21-17)22-15-5-1-2-7-18-15;3-2(4,5)1(6)7/h1-5,7,9,13H,6,8,10-12H2;(H,6,7)/t13-,17-;/m0./s1. The number of carbonyl (C=O) groups is 2. The molecule has 1 amide bonds. The number of ether oxygens (including phenoxy) is 2. The molecular formula is C19H19F3N2O5S. The molecule has 7 nitrogen and oxygen atoms in total. The Balaban J connectivity index is 0.000000318. The highest BCUT2D eigenvalue weighted by atomic mass is 32.1. The molecule has 162 valence electrons. The van der Waals surface area contributed by atoms with Crippen LogP contribution in [-0.2, 0) is 9.53 Å². The van der Waals surface area contributed by atoms with Crippen LogP contribution in [0.5, 0.6) is 5.88 Å². The van der Waals surface area contributed by atoms with Crippen LogP contribution in [0.4, 0.5) is 13.2 Å². The van der Waals surface area contributed by atoms with E-state index in [9.17, 15) is 18.0 Å². The minimum Gasteiger partial charge on any atom is -0.475 e. The fraction of sp³-hybridized carbons (Fsp3) is 0.421. The van der Waals surface area contributed by atoms with Crippen LogP contribution in [0.3, 0.4) is 0 Å². The topological polar surface area (TPSA) is 89.0 Å². The number of carboxylic acid groups (broad SMARTS) is 1. The van der Waals surface area contributed by atoms with Gasteiger partial charge in [-0.05, 0) is 23.9 Å². The highest BCUT2D eigenvalue weighted by Crippen LogP contribution is 2.37. The minimum atomic E-state index is -5.08. The number of carbonyl (C=O) groups excluding carboxylic acids is 1. The normalized spacial score (nSPS) is 23.2. The number of aromatic nitrogens is 1. The number of thiophene rings is 1. The minimum absolute atomic E-state index is 0.00156. The maximum atomic E-state index is 12.5. The van der Waals surface area contributed by atoms with Crippen molar-refractivity contribution in [1.29, 1.82) is 0 Å². The van der Waals surface area contributed by atoms with Gasteiger partial charge in [0.2, 0.25) is 5.88 Å². The molecule has 0 radical (unpaired) electrons. The highest BCUT2D eigenvalue weighted by molar-refractivity contribution is 7.12. The number of aliphatic carboxylic acids is 1. The first-order chi connectivity index (χ1) is 14.2. The van der Waals surface area contributed by atoms with Gasteiger partial charge in [0.05, 0.1) is 23.6 Å². The Morgan fingerprint density at radius 3 is 2.67 bits per heavy atom. The fourth-order valence-electron chi connectivity index (χ4n) is 3.32. The molecule has 4 heterocycles. The van der Waals surface area contributed by atoms with Gasteiger partial charge in [-0.15, -0.1) is 11.3 Å². The zero-order valence-corrected chi connectivity index (χ0v) is 16.5. The average molecular weight is 444 g/mol. The van der Waals surface area contributed by atoms with Crippen molar-refractivity contribution in [3.8, 4) is 5.88 Å². The van der Waals surface area contributed by atoms with Crippen LogP contribution >= 0.6 is 11.3 Å². The number of hydrogen-bond donors (Lipinski definition) is 1. The molecule has 2 aromatic rings. The van der Waals surface area contributed by atoms with Crippen molar-refractivity contribution < 1.29 is 37.3 Å². The van der Waals surface area contributed by atoms with Crippen molar-refractivity contribution in [2.24, 2.45) is 0 Å². The molecule has 2 aliphatic heterocycles. The van der Waals surface area contributed by atoms with E-state index in [1.54, 1.807) is 6.20 Å². The van der Waals surface area contributed by atoms with E-state index in [2.05, 4.69) is 4.98 Å². The number of nitrogens with zero attached hydrogens (tertiary/aromatic N) is 2.